The minimum absolute atomic E-state index is 0. The van der Waals surface area contributed by atoms with E-state index in [9.17, 15) is 14.7 Å². The molecule has 0 saturated heterocycles. The molecule has 0 aromatic heterocycles. The summed E-state index contributed by atoms with van der Waals surface area (Å²) in [6.07, 6.45) is -1.55. The Labute approximate surface area is 138 Å². The minimum atomic E-state index is -1.35. The summed E-state index contributed by atoms with van der Waals surface area (Å²) in [6.45, 7) is 2.70. The summed E-state index contributed by atoms with van der Waals surface area (Å²) < 4.78 is 0. The van der Waals surface area contributed by atoms with Crippen molar-refractivity contribution in [1.29, 1.82) is 0 Å². The SMILES string of the molecule is CC(C)(CO)[C@@H](O)C(=O)NCCC(=O)O.[H-].[K+]. The number of carbonyl (C=O) groups excluding carboxylic acids is 1. The van der Waals surface area contributed by atoms with Crippen LogP contribution in [0.4, 0.5) is 0 Å². The van der Waals surface area contributed by atoms with Gasteiger partial charge in [0, 0.05) is 12.0 Å². The van der Waals surface area contributed by atoms with Gasteiger partial charge in [0.2, 0.25) is 5.91 Å². The first-order valence-corrected chi connectivity index (χ1v) is 4.59. The van der Waals surface area contributed by atoms with Crippen molar-refractivity contribution in [3.05, 3.63) is 0 Å². The molecule has 6 nitrogen and oxygen atoms in total. The predicted molar refractivity (Wildman–Crippen MR) is 53.2 cm³/mol. The molecule has 0 spiro atoms. The topological polar surface area (TPSA) is 107 Å². The summed E-state index contributed by atoms with van der Waals surface area (Å²) in [6, 6.07) is 0. The fourth-order valence-electron chi connectivity index (χ4n) is 0.831. The van der Waals surface area contributed by atoms with E-state index in [0.29, 0.717) is 0 Å². The van der Waals surface area contributed by atoms with E-state index in [0.717, 1.165) is 0 Å². The standard InChI is InChI=1S/C9H17NO5.K.H/c1-9(2,5-11)7(14)8(15)10-4-3-6(12)13;;/h7,11,14H,3-5H2,1-2H3,(H,10,15)(H,12,13);;/q;+1;-1/t7-;;/m0../s1. The van der Waals surface area contributed by atoms with Crippen molar-refractivity contribution in [1.82, 2.24) is 5.32 Å². The number of hydrogen-bond donors (Lipinski definition) is 4. The van der Waals surface area contributed by atoms with E-state index in [1.165, 1.54) is 13.8 Å². The largest absolute Gasteiger partial charge is 1.00 e. The Balaban J connectivity index is -0.000000980. The van der Waals surface area contributed by atoms with Crippen molar-refractivity contribution in [2.45, 2.75) is 26.4 Å². The van der Waals surface area contributed by atoms with Crippen molar-refractivity contribution in [2.24, 2.45) is 5.41 Å². The summed E-state index contributed by atoms with van der Waals surface area (Å²) in [7, 11) is 0. The average Bonchev–Trinajstić information content (AvgIpc) is 2.15. The normalized spacial score (nSPS) is 12.5. The van der Waals surface area contributed by atoms with Crippen LogP contribution in [0.1, 0.15) is 21.7 Å². The van der Waals surface area contributed by atoms with Gasteiger partial charge in [0.15, 0.2) is 0 Å². The predicted octanol–water partition coefficient (Wildman–Crippen LogP) is -3.93. The number of carbonyl (C=O) groups is 2. The first kappa shape index (κ1) is 18.9. The van der Waals surface area contributed by atoms with Crippen LogP contribution in [-0.2, 0) is 9.59 Å². The van der Waals surface area contributed by atoms with E-state index in [2.05, 4.69) is 5.32 Å². The van der Waals surface area contributed by atoms with Gasteiger partial charge in [0.25, 0.3) is 0 Å². The fraction of sp³-hybridized carbons (Fsp3) is 0.778. The molecule has 0 aliphatic carbocycles. The van der Waals surface area contributed by atoms with E-state index in [1.807, 2.05) is 0 Å². The zero-order chi connectivity index (χ0) is 12.1. The number of aliphatic carboxylic acids is 1. The third kappa shape index (κ3) is 6.95. The van der Waals surface area contributed by atoms with E-state index in [-0.39, 0.29) is 72.4 Å². The molecule has 0 radical (unpaired) electrons. The quantitative estimate of drug-likeness (QED) is 0.365. The maximum absolute atomic E-state index is 11.3. The van der Waals surface area contributed by atoms with Gasteiger partial charge < -0.3 is 22.1 Å². The van der Waals surface area contributed by atoms with Gasteiger partial charge in [-0.2, -0.15) is 0 Å². The van der Waals surface area contributed by atoms with Crippen LogP contribution in [0, 0.1) is 5.41 Å². The first-order chi connectivity index (χ1) is 6.81. The van der Waals surface area contributed by atoms with Crippen LogP contribution >= 0.6 is 0 Å². The Morgan fingerprint density at radius 2 is 1.94 bits per heavy atom. The summed E-state index contributed by atoms with van der Waals surface area (Å²) in [5.41, 5.74) is -0.937. The van der Waals surface area contributed by atoms with Crippen LogP contribution in [-0.4, -0.2) is 46.5 Å². The van der Waals surface area contributed by atoms with Crippen molar-refractivity contribution in [2.75, 3.05) is 13.2 Å². The van der Waals surface area contributed by atoms with Crippen LogP contribution in [0.3, 0.4) is 0 Å². The van der Waals surface area contributed by atoms with Crippen LogP contribution in [0.25, 0.3) is 0 Å². The molecule has 7 heteroatoms. The number of rotatable bonds is 6. The van der Waals surface area contributed by atoms with Crippen molar-refractivity contribution >= 4 is 11.9 Å². The van der Waals surface area contributed by atoms with Gasteiger partial charge >= 0.3 is 57.4 Å². The maximum Gasteiger partial charge on any atom is 1.00 e. The molecular weight excluding hydrogens is 241 g/mol. The summed E-state index contributed by atoms with van der Waals surface area (Å²) >= 11 is 0. The zero-order valence-electron chi connectivity index (χ0n) is 10.9. The number of amides is 1. The molecule has 0 bridgehead atoms. The van der Waals surface area contributed by atoms with Crippen LogP contribution in [0.2, 0.25) is 0 Å². The molecule has 4 N–H and O–H groups in total. The third-order valence-corrected chi connectivity index (χ3v) is 2.03. The second-order valence-corrected chi connectivity index (χ2v) is 3.98. The van der Waals surface area contributed by atoms with Gasteiger partial charge in [-0.25, -0.2) is 0 Å². The number of nitrogens with one attached hydrogen (secondary N) is 1. The molecule has 16 heavy (non-hydrogen) atoms. The molecule has 0 aromatic carbocycles. The minimum Gasteiger partial charge on any atom is -1.00 e. The molecular formula is C9H18KNO5. The number of carboxylic acids is 1. The average molecular weight is 259 g/mol. The fourth-order valence-corrected chi connectivity index (χ4v) is 0.831. The smallest absolute Gasteiger partial charge is 1.00 e. The second-order valence-electron chi connectivity index (χ2n) is 3.98. The molecule has 0 fully saturated rings. The molecule has 0 aliphatic rings. The summed E-state index contributed by atoms with van der Waals surface area (Å²) in [5.74, 6) is -1.69. The first-order valence-electron chi connectivity index (χ1n) is 4.59. The van der Waals surface area contributed by atoms with Gasteiger partial charge in [-0.15, -0.1) is 0 Å². The van der Waals surface area contributed by atoms with Gasteiger partial charge in [-0.05, 0) is 0 Å². The van der Waals surface area contributed by atoms with Crippen LogP contribution < -0.4 is 56.7 Å². The Morgan fingerprint density at radius 3 is 2.31 bits per heavy atom. The maximum atomic E-state index is 11.3. The number of hydrogen-bond acceptors (Lipinski definition) is 4. The summed E-state index contributed by atoms with van der Waals surface area (Å²) in [4.78, 5) is 21.4. The van der Waals surface area contributed by atoms with E-state index >= 15 is 0 Å². The van der Waals surface area contributed by atoms with Gasteiger partial charge in [-0.3, -0.25) is 9.59 Å². The molecule has 1 atom stereocenters. The van der Waals surface area contributed by atoms with Crippen molar-refractivity contribution in [3.8, 4) is 0 Å². The third-order valence-electron chi connectivity index (χ3n) is 2.03. The number of aliphatic hydroxyl groups is 2. The Kier molecular flexibility index (Phi) is 10.1. The molecule has 90 valence electrons. The number of carboxylic acid groups (broad SMARTS) is 1. The van der Waals surface area contributed by atoms with Crippen molar-refractivity contribution < 1.29 is 77.7 Å². The molecule has 0 saturated carbocycles. The molecule has 1 amide bonds. The molecule has 0 heterocycles. The Bertz CT molecular complexity index is 250. The van der Waals surface area contributed by atoms with E-state index < -0.39 is 23.4 Å². The van der Waals surface area contributed by atoms with Gasteiger partial charge in [-0.1, -0.05) is 13.8 Å². The Hall–Kier alpha value is 0.496. The van der Waals surface area contributed by atoms with Crippen LogP contribution in [0.5, 0.6) is 0 Å². The second kappa shape index (κ2) is 8.57. The van der Waals surface area contributed by atoms with Crippen molar-refractivity contribution in [3.63, 3.8) is 0 Å². The van der Waals surface area contributed by atoms with E-state index in [4.69, 9.17) is 10.2 Å². The van der Waals surface area contributed by atoms with Crippen LogP contribution in [0.15, 0.2) is 0 Å². The molecule has 0 rings (SSSR count). The monoisotopic (exact) mass is 259 g/mol. The van der Waals surface area contributed by atoms with Gasteiger partial charge in [0.1, 0.15) is 6.10 Å². The molecule has 0 aromatic rings. The summed E-state index contributed by atoms with van der Waals surface area (Å²) in [5, 5.41) is 29.0. The Morgan fingerprint density at radius 1 is 1.44 bits per heavy atom. The number of aliphatic hydroxyl groups excluding tert-OH is 2. The van der Waals surface area contributed by atoms with Gasteiger partial charge in [0.05, 0.1) is 13.0 Å². The molecule has 0 aliphatic heterocycles. The molecule has 0 unspecified atom stereocenters. The van der Waals surface area contributed by atoms with E-state index in [1.54, 1.807) is 0 Å². The zero-order valence-corrected chi connectivity index (χ0v) is 13.0.